The Morgan fingerprint density at radius 2 is 1.94 bits per heavy atom. The number of hydrogen-bond acceptors (Lipinski definition) is 2. The first-order valence-corrected chi connectivity index (χ1v) is 6.77. The molecule has 0 radical (unpaired) electrons. The van der Waals surface area contributed by atoms with Crippen molar-refractivity contribution in [1.82, 2.24) is 5.32 Å². The van der Waals surface area contributed by atoms with E-state index in [4.69, 9.17) is 4.42 Å². The van der Waals surface area contributed by atoms with E-state index in [-0.39, 0.29) is 0 Å². The van der Waals surface area contributed by atoms with Gasteiger partial charge in [0.1, 0.15) is 11.3 Å². The van der Waals surface area contributed by atoms with E-state index in [1.807, 2.05) is 7.05 Å². The van der Waals surface area contributed by atoms with E-state index < -0.39 is 0 Å². The first-order valence-electron chi connectivity index (χ1n) is 6.77. The fraction of sp³-hybridized carbons (Fsp3) is 0.500. The van der Waals surface area contributed by atoms with Crippen LogP contribution in [0.4, 0.5) is 0 Å². The SMILES string of the molecule is CNC(CCC(C)C)c1cc2cc(C)ccc2o1. The van der Waals surface area contributed by atoms with Crippen molar-refractivity contribution in [1.29, 1.82) is 0 Å². The molecule has 0 fully saturated rings. The summed E-state index contributed by atoms with van der Waals surface area (Å²) in [6, 6.07) is 8.82. The van der Waals surface area contributed by atoms with Crippen LogP contribution >= 0.6 is 0 Å². The maximum atomic E-state index is 5.95. The van der Waals surface area contributed by atoms with Gasteiger partial charge >= 0.3 is 0 Å². The summed E-state index contributed by atoms with van der Waals surface area (Å²) in [5.74, 6) is 1.78. The van der Waals surface area contributed by atoms with E-state index in [2.05, 4.69) is 50.4 Å². The van der Waals surface area contributed by atoms with Gasteiger partial charge in [0.15, 0.2) is 0 Å². The lowest BCUT2D eigenvalue weighted by molar-refractivity contribution is 0.400. The van der Waals surface area contributed by atoms with E-state index in [1.165, 1.54) is 17.4 Å². The van der Waals surface area contributed by atoms with Crippen LogP contribution < -0.4 is 5.32 Å². The highest BCUT2D eigenvalue weighted by Crippen LogP contribution is 2.27. The summed E-state index contributed by atoms with van der Waals surface area (Å²) in [7, 11) is 2.00. The molecule has 1 unspecified atom stereocenters. The molecule has 0 spiro atoms. The lowest BCUT2D eigenvalue weighted by Gasteiger charge is -2.14. The molecule has 1 heterocycles. The van der Waals surface area contributed by atoms with Crippen LogP contribution in [0.2, 0.25) is 0 Å². The predicted molar refractivity (Wildman–Crippen MR) is 76.8 cm³/mol. The minimum absolute atomic E-state index is 0.320. The summed E-state index contributed by atoms with van der Waals surface area (Å²) in [5.41, 5.74) is 2.26. The predicted octanol–water partition coefficient (Wildman–Crippen LogP) is 4.44. The van der Waals surface area contributed by atoms with Crippen molar-refractivity contribution in [3.63, 3.8) is 0 Å². The zero-order valence-corrected chi connectivity index (χ0v) is 11.8. The van der Waals surface area contributed by atoms with Gasteiger partial charge in [-0.1, -0.05) is 25.5 Å². The molecule has 1 aromatic carbocycles. The van der Waals surface area contributed by atoms with Gasteiger partial charge in [0.2, 0.25) is 0 Å². The van der Waals surface area contributed by atoms with Gasteiger partial charge in [0, 0.05) is 5.39 Å². The monoisotopic (exact) mass is 245 g/mol. The van der Waals surface area contributed by atoms with E-state index in [0.29, 0.717) is 6.04 Å². The van der Waals surface area contributed by atoms with Crippen LogP contribution in [0.5, 0.6) is 0 Å². The molecule has 2 rings (SSSR count). The molecule has 2 heteroatoms. The second-order valence-electron chi connectivity index (χ2n) is 5.50. The molecule has 0 saturated heterocycles. The Morgan fingerprint density at radius 3 is 2.61 bits per heavy atom. The van der Waals surface area contributed by atoms with Gasteiger partial charge < -0.3 is 9.73 Å². The van der Waals surface area contributed by atoms with E-state index >= 15 is 0 Å². The summed E-state index contributed by atoms with van der Waals surface area (Å²) < 4.78 is 5.95. The zero-order chi connectivity index (χ0) is 13.1. The van der Waals surface area contributed by atoms with Crippen molar-refractivity contribution < 1.29 is 4.42 Å². The molecule has 0 aliphatic heterocycles. The van der Waals surface area contributed by atoms with E-state index in [0.717, 1.165) is 23.7 Å². The maximum Gasteiger partial charge on any atom is 0.134 e. The highest BCUT2D eigenvalue weighted by molar-refractivity contribution is 5.78. The van der Waals surface area contributed by atoms with Crippen LogP contribution in [-0.2, 0) is 0 Å². The molecule has 1 N–H and O–H groups in total. The fourth-order valence-corrected chi connectivity index (χ4v) is 2.28. The molecule has 0 saturated carbocycles. The van der Waals surface area contributed by atoms with Crippen LogP contribution in [0.1, 0.15) is 44.1 Å². The van der Waals surface area contributed by atoms with Crippen LogP contribution in [0.15, 0.2) is 28.7 Å². The average Bonchev–Trinajstić information content (AvgIpc) is 2.72. The molecular formula is C16H23NO. The maximum absolute atomic E-state index is 5.95. The number of aryl methyl sites for hydroxylation is 1. The Hall–Kier alpha value is -1.28. The molecule has 1 atom stereocenters. The quantitative estimate of drug-likeness (QED) is 0.842. The normalized spacial score (nSPS) is 13.4. The first-order chi connectivity index (χ1) is 8.60. The van der Waals surface area contributed by atoms with Crippen LogP contribution in [0.3, 0.4) is 0 Å². The molecular weight excluding hydrogens is 222 g/mol. The smallest absolute Gasteiger partial charge is 0.134 e. The molecule has 98 valence electrons. The molecule has 0 bridgehead atoms. The van der Waals surface area contributed by atoms with Crippen molar-refractivity contribution in [2.24, 2.45) is 5.92 Å². The van der Waals surface area contributed by atoms with Crippen LogP contribution in [0.25, 0.3) is 11.0 Å². The second kappa shape index (κ2) is 5.57. The van der Waals surface area contributed by atoms with Crippen molar-refractivity contribution in [2.45, 2.75) is 39.7 Å². The van der Waals surface area contributed by atoms with Crippen molar-refractivity contribution in [2.75, 3.05) is 7.05 Å². The lowest BCUT2D eigenvalue weighted by Crippen LogP contribution is -2.16. The largest absolute Gasteiger partial charge is 0.459 e. The molecule has 1 aromatic heterocycles. The van der Waals surface area contributed by atoms with E-state index in [9.17, 15) is 0 Å². The summed E-state index contributed by atoms with van der Waals surface area (Å²) in [5, 5.41) is 4.56. The minimum Gasteiger partial charge on any atom is -0.459 e. The van der Waals surface area contributed by atoms with Crippen LogP contribution in [0, 0.1) is 12.8 Å². The molecule has 18 heavy (non-hydrogen) atoms. The third kappa shape index (κ3) is 2.94. The third-order valence-electron chi connectivity index (χ3n) is 3.42. The van der Waals surface area contributed by atoms with Gasteiger partial charge in [0.05, 0.1) is 6.04 Å². The highest BCUT2D eigenvalue weighted by atomic mass is 16.3. The lowest BCUT2D eigenvalue weighted by atomic mass is 10.0. The van der Waals surface area contributed by atoms with Gasteiger partial charge in [-0.25, -0.2) is 0 Å². The molecule has 0 aliphatic rings. The first kappa shape index (κ1) is 13.2. The van der Waals surface area contributed by atoms with Gasteiger partial charge in [-0.15, -0.1) is 0 Å². The Balaban J connectivity index is 2.22. The van der Waals surface area contributed by atoms with Gasteiger partial charge in [-0.05, 0) is 50.9 Å². The number of nitrogens with one attached hydrogen (secondary N) is 1. The van der Waals surface area contributed by atoms with Crippen molar-refractivity contribution in [3.8, 4) is 0 Å². The molecule has 2 aromatic rings. The number of rotatable bonds is 5. The summed E-state index contributed by atoms with van der Waals surface area (Å²) in [6.07, 6.45) is 2.33. The Bertz CT molecular complexity index is 513. The fourth-order valence-electron chi connectivity index (χ4n) is 2.28. The van der Waals surface area contributed by atoms with Crippen LogP contribution in [-0.4, -0.2) is 7.05 Å². The zero-order valence-electron chi connectivity index (χ0n) is 11.8. The number of benzene rings is 1. The Labute approximate surface area is 109 Å². The number of fused-ring (bicyclic) bond motifs is 1. The third-order valence-corrected chi connectivity index (χ3v) is 3.42. The summed E-state index contributed by atoms with van der Waals surface area (Å²) in [4.78, 5) is 0. The van der Waals surface area contributed by atoms with Gasteiger partial charge in [0.25, 0.3) is 0 Å². The molecule has 0 aliphatic carbocycles. The Kier molecular flexibility index (Phi) is 4.07. The second-order valence-corrected chi connectivity index (χ2v) is 5.50. The summed E-state index contributed by atoms with van der Waals surface area (Å²) >= 11 is 0. The van der Waals surface area contributed by atoms with Gasteiger partial charge in [-0.3, -0.25) is 0 Å². The average molecular weight is 245 g/mol. The standard InChI is InChI=1S/C16H23NO/c1-11(2)5-7-14(17-4)16-10-13-9-12(3)6-8-15(13)18-16/h6,8-11,14,17H,5,7H2,1-4H3. The minimum atomic E-state index is 0.320. The molecule has 2 nitrogen and oxygen atoms in total. The molecule has 0 amide bonds. The van der Waals surface area contributed by atoms with Crippen molar-refractivity contribution >= 4 is 11.0 Å². The summed E-state index contributed by atoms with van der Waals surface area (Å²) in [6.45, 7) is 6.63. The Morgan fingerprint density at radius 1 is 1.17 bits per heavy atom. The van der Waals surface area contributed by atoms with Crippen molar-refractivity contribution in [3.05, 3.63) is 35.6 Å². The topological polar surface area (TPSA) is 25.2 Å². The highest BCUT2D eigenvalue weighted by Gasteiger charge is 2.14. The number of hydrogen-bond donors (Lipinski definition) is 1. The van der Waals surface area contributed by atoms with Gasteiger partial charge in [-0.2, -0.15) is 0 Å². The van der Waals surface area contributed by atoms with E-state index in [1.54, 1.807) is 0 Å². The number of furan rings is 1.